The van der Waals surface area contributed by atoms with Crippen molar-refractivity contribution < 1.29 is 23.8 Å². The van der Waals surface area contributed by atoms with E-state index in [1.165, 1.54) is 4.88 Å². The zero-order chi connectivity index (χ0) is 18.1. The number of hydrogen-bond donors (Lipinski definition) is 1. The molecule has 0 saturated heterocycles. The standard InChI is InChI=1S/C19H19NO5S/c1-11(18(21)20-12-6-7-15-16(8-12)24-10-23-15)25-19(22)14-9-26-17-5-3-2-4-13(14)17/h6-9,11H,2-5,10H2,1H3,(H,20,21)/t11-/m0/s1. The predicted octanol–water partition coefficient (Wildman–Crippen LogP) is 3.54. The van der Waals surface area contributed by atoms with E-state index in [0.29, 0.717) is 22.7 Å². The topological polar surface area (TPSA) is 73.9 Å². The number of amides is 1. The van der Waals surface area contributed by atoms with Gasteiger partial charge in [0.2, 0.25) is 6.79 Å². The van der Waals surface area contributed by atoms with Crippen LogP contribution in [0.15, 0.2) is 23.6 Å². The monoisotopic (exact) mass is 373 g/mol. The van der Waals surface area contributed by atoms with E-state index in [2.05, 4.69) is 5.32 Å². The molecular weight excluding hydrogens is 354 g/mol. The van der Waals surface area contributed by atoms with Gasteiger partial charge >= 0.3 is 5.97 Å². The third kappa shape index (κ3) is 3.26. The number of rotatable bonds is 4. The summed E-state index contributed by atoms with van der Waals surface area (Å²) in [5.41, 5.74) is 2.26. The fourth-order valence-electron chi connectivity index (χ4n) is 3.16. The van der Waals surface area contributed by atoms with Crippen LogP contribution in [0.5, 0.6) is 11.5 Å². The molecule has 0 fully saturated rings. The molecule has 2 aromatic rings. The zero-order valence-corrected chi connectivity index (χ0v) is 15.2. The van der Waals surface area contributed by atoms with Crippen LogP contribution in [-0.2, 0) is 22.4 Å². The Morgan fingerprint density at radius 1 is 1.19 bits per heavy atom. The minimum atomic E-state index is -0.896. The first-order chi connectivity index (χ1) is 12.6. The third-order valence-corrected chi connectivity index (χ3v) is 5.66. The van der Waals surface area contributed by atoms with Gasteiger partial charge in [-0.25, -0.2) is 4.79 Å². The highest BCUT2D eigenvalue weighted by Crippen LogP contribution is 2.34. The Kier molecular flexibility index (Phi) is 4.55. The second kappa shape index (κ2) is 6.99. The Hall–Kier alpha value is -2.54. The second-order valence-corrected chi connectivity index (χ2v) is 7.33. The Balaban J connectivity index is 1.39. The zero-order valence-electron chi connectivity index (χ0n) is 14.4. The van der Waals surface area contributed by atoms with E-state index < -0.39 is 12.1 Å². The van der Waals surface area contributed by atoms with Crippen molar-refractivity contribution in [1.29, 1.82) is 0 Å². The molecule has 0 saturated carbocycles. The van der Waals surface area contributed by atoms with Crippen molar-refractivity contribution in [3.05, 3.63) is 39.6 Å². The summed E-state index contributed by atoms with van der Waals surface area (Å²) >= 11 is 1.60. The van der Waals surface area contributed by atoms with Gasteiger partial charge in [0.15, 0.2) is 17.6 Å². The normalized spacial score (nSPS) is 15.9. The van der Waals surface area contributed by atoms with Gasteiger partial charge in [0.1, 0.15) is 0 Å². The minimum absolute atomic E-state index is 0.172. The second-order valence-electron chi connectivity index (χ2n) is 6.36. The lowest BCUT2D eigenvalue weighted by Crippen LogP contribution is -2.30. The number of carbonyl (C=O) groups is 2. The molecule has 4 rings (SSSR count). The molecule has 7 heteroatoms. The summed E-state index contributed by atoms with van der Waals surface area (Å²) in [5.74, 6) is 0.404. The quantitative estimate of drug-likeness (QED) is 0.830. The number of nitrogens with one attached hydrogen (secondary N) is 1. The van der Waals surface area contributed by atoms with Crippen LogP contribution >= 0.6 is 11.3 Å². The van der Waals surface area contributed by atoms with E-state index in [1.54, 1.807) is 36.5 Å². The maximum atomic E-state index is 12.5. The molecule has 0 bridgehead atoms. The largest absolute Gasteiger partial charge is 0.454 e. The summed E-state index contributed by atoms with van der Waals surface area (Å²) in [7, 11) is 0. The molecule has 26 heavy (non-hydrogen) atoms. The van der Waals surface area contributed by atoms with Gasteiger partial charge in [-0.2, -0.15) is 0 Å². The number of aryl methyl sites for hydroxylation is 1. The molecular formula is C19H19NO5S. The van der Waals surface area contributed by atoms with Crippen LogP contribution in [0, 0.1) is 0 Å². The number of fused-ring (bicyclic) bond motifs is 2. The lowest BCUT2D eigenvalue weighted by molar-refractivity contribution is -0.123. The molecule has 6 nitrogen and oxygen atoms in total. The molecule has 1 aliphatic carbocycles. The summed E-state index contributed by atoms with van der Waals surface area (Å²) < 4.78 is 15.9. The Bertz CT molecular complexity index is 860. The number of hydrogen-bond acceptors (Lipinski definition) is 6. The van der Waals surface area contributed by atoms with E-state index in [4.69, 9.17) is 14.2 Å². The molecule has 1 N–H and O–H groups in total. The SMILES string of the molecule is C[C@H](OC(=O)c1csc2c1CCCC2)C(=O)Nc1ccc2c(c1)OCO2. The average molecular weight is 373 g/mol. The smallest absolute Gasteiger partial charge is 0.340 e. The van der Waals surface area contributed by atoms with Crippen molar-refractivity contribution in [1.82, 2.24) is 0 Å². The summed E-state index contributed by atoms with van der Waals surface area (Å²) in [6.45, 7) is 1.74. The molecule has 0 unspecified atom stereocenters. The number of carbonyl (C=O) groups excluding carboxylic acids is 2. The molecule has 1 atom stereocenters. The lowest BCUT2D eigenvalue weighted by atomic mass is 9.96. The summed E-state index contributed by atoms with van der Waals surface area (Å²) in [5, 5.41) is 4.58. The van der Waals surface area contributed by atoms with Crippen LogP contribution in [0.2, 0.25) is 0 Å². The van der Waals surface area contributed by atoms with Crippen LogP contribution in [-0.4, -0.2) is 24.8 Å². The van der Waals surface area contributed by atoms with Crippen LogP contribution in [0.4, 0.5) is 5.69 Å². The highest BCUT2D eigenvalue weighted by molar-refractivity contribution is 7.10. The maximum Gasteiger partial charge on any atom is 0.340 e. The van der Waals surface area contributed by atoms with Gasteiger partial charge in [-0.05, 0) is 50.3 Å². The van der Waals surface area contributed by atoms with Gasteiger partial charge in [-0.3, -0.25) is 4.79 Å². The molecule has 1 aromatic carbocycles. The highest BCUT2D eigenvalue weighted by Gasteiger charge is 2.25. The van der Waals surface area contributed by atoms with Gasteiger partial charge in [0.25, 0.3) is 5.91 Å². The van der Waals surface area contributed by atoms with E-state index in [-0.39, 0.29) is 12.7 Å². The third-order valence-electron chi connectivity index (χ3n) is 4.57. The Morgan fingerprint density at radius 3 is 2.88 bits per heavy atom. The first kappa shape index (κ1) is 16.9. The molecule has 2 aliphatic rings. The number of benzene rings is 1. The molecule has 0 spiro atoms. The van der Waals surface area contributed by atoms with Crippen LogP contribution in [0.1, 0.15) is 40.6 Å². The summed E-state index contributed by atoms with van der Waals surface area (Å²) in [6.07, 6.45) is 3.28. The fourth-order valence-corrected chi connectivity index (χ4v) is 4.28. The molecule has 136 valence electrons. The van der Waals surface area contributed by atoms with Crippen LogP contribution in [0.3, 0.4) is 0 Å². The van der Waals surface area contributed by atoms with Crippen molar-refractivity contribution in [2.75, 3.05) is 12.1 Å². The van der Waals surface area contributed by atoms with Gasteiger partial charge in [-0.15, -0.1) is 11.3 Å². The van der Waals surface area contributed by atoms with E-state index in [9.17, 15) is 9.59 Å². The van der Waals surface area contributed by atoms with Crippen molar-refractivity contribution in [2.45, 2.75) is 38.7 Å². The van der Waals surface area contributed by atoms with E-state index in [1.807, 2.05) is 5.38 Å². The average Bonchev–Trinajstić information content (AvgIpc) is 3.27. The predicted molar refractivity (Wildman–Crippen MR) is 97.0 cm³/mol. The Morgan fingerprint density at radius 2 is 2.00 bits per heavy atom. The van der Waals surface area contributed by atoms with Crippen LogP contribution < -0.4 is 14.8 Å². The van der Waals surface area contributed by atoms with E-state index >= 15 is 0 Å². The van der Waals surface area contributed by atoms with Crippen molar-refractivity contribution in [3.8, 4) is 11.5 Å². The van der Waals surface area contributed by atoms with Gasteiger partial charge in [-0.1, -0.05) is 0 Å². The maximum absolute atomic E-state index is 12.5. The molecule has 2 heterocycles. The first-order valence-corrected chi connectivity index (χ1v) is 9.50. The highest BCUT2D eigenvalue weighted by atomic mass is 32.1. The van der Waals surface area contributed by atoms with Gasteiger partial charge < -0.3 is 19.5 Å². The molecule has 1 aliphatic heterocycles. The van der Waals surface area contributed by atoms with Crippen molar-refractivity contribution >= 4 is 28.9 Å². The lowest BCUT2D eigenvalue weighted by Gasteiger charge is -2.15. The van der Waals surface area contributed by atoms with E-state index in [0.717, 1.165) is 31.2 Å². The first-order valence-electron chi connectivity index (χ1n) is 8.62. The molecule has 0 radical (unpaired) electrons. The number of ether oxygens (including phenoxy) is 3. The van der Waals surface area contributed by atoms with Crippen molar-refractivity contribution in [3.63, 3.8) is 0 Å². The summed E-state index contributed by atoms with van der Waals surface area (Å²) in [4.78, 5) is 26.1. The summed E-state index contributed by atoms with van der Waals surface area (Å²) in [6, 6.07) is 5.13. The van der Waals surface area contributed by atoms with Gasteiger partial charge in [0, 0.05) is 22.0 Å². The number of anilines is 1. The number of esters is 1. The van der Waals surface area contributed by atoms with Crippen LogP contribution in [0.25, 0.3) is 0 Å². The minimum Gasteiger partial charge on any atom is -0.454 e. The fraction of sp³-hybridized carbons (Fsp3) is 0.368. The van der Waals surface area contributed by atoms with Crippen molar-refractivity contribution in [2.24, 2.45) is 0 Å². The van der Waals surface area contributed by atoms with Gasteiger partial charge in [0.05, 0.1) is 5.56 Å². The number of thiophene rings is 1. The molecule has 1 aromatic heterocycles. The Labute approximate surface area is 155 Å². The molecule has 1 amide bonds.